The molecule has 2 aromatic carbocycles. The lowest BCUT2D eigenvalue weighted by molar-refractivity contribution is -0.138. The molecule has 1 heterocycles. The van der Waals surface area contributed by atoms with E-state index in [0.29, 0.717) is 34.1 Å². The molecule has 5 nitrogen and oxygen atoms in total. The first-order valence-electron chi connectivity index (χ1n) is 8.25. The number of aryl methyl sites for hydroxylation is 1. The number of aliphatic carboxylic acids is 1. The van der Waals surface area contributed by atoms with Crippen molar-refractivity contribution in [2.24, 2.45) is 0 Å². The summed E-state index contributed by atoms with van der Waals surface area (Å²) in [7, 11) is 0. The molecule has 26 heavy (non-hydrogen) atoms. The number of hydrogen-bond acceptors (Lipinski definition) is 3. The van der Waals surface area contributed by atoms with Crippen molar-refractivity contribution in [3.8, 4) is 0 Å². The fraction of sp³-hybridized carbons (Fsp3) is 0.263. The van der Waals surface area contributed by atoms with Crippen LogP contribution in [0, 0.1) is 0 Å². The number of carbonyl (C=O) groups excluding carboxylic acids is 1. The molecule has 0 unspecified atom stereocenters. The van der Waals surface area contributed by atoms with Crippen molar-refractivity contribution >= 4 is 40.8 Å². The van der Waals surface area contributed by atoms with Crippen molar-refractivity contribution in [2.45, 2.75) is 31.3 Å². The van der Waals surface area contributed by atoms with Crippen molar-refractivity contribution in [2.75, 3.05) is 5.32 Å². The van der Waals surface area contributed by atoms with Gasteiger partial charge in [0.25, 0.3) is 0 Å². The highest BCUT2D eigenvalue weighted by atomic mass is 35.5. The van der Waals surface area contributed by atoms with Crippen LogP contribution in [-0.2, 0) is 16.0 Å². The van der Waals surface area contributed by atoms with Gasteiger partial charge in [-0.05, 0) is 24.1 Å². The number of carbonyl (C=O) groups is 2. The van der Waals surface area contributed by atoms with Gasteiger partial charge in [0.15, 0.2) is 0 Å². The standard InChI is InChI=1S/C19H18Cl2N2O3/c20-12-8-13(21)18-14(9-12)22-16(19(25)26)10-15(18)23-17(24)7-6-11-4-2-1-3-5-11/h1-5,8-9,15-16,22H,6-7,10H2,(H,23,24)(H,25,26)/t15-,16+/m0/s1. The monoisotopic (exact) mass is 392 g/mol. The first-order valence-corrected chi connectivity index (χ1v) is 9.01. The van der Waals surface area contributed by atoms with Gasteiger partial charge in [-0.15, -0.1) is 0 Å². The number of halogens is 2. The van der Waals surface area contributed by atoms with Gasteiger partial charge in [0, 0.05) is 34.1 Å². The van der Waals surface area contributed by atoms with Crippen molar-refractivity contribution in [1.29, 1.82) is 0 Å². The Morgan fingerprint density at radius 2 is 1.92 bits per heavy atom. The van der Waals surface area contributed by atoms with Gasteiger partial charge in [-0.25, -0.2) is 4.79 Å². The first kappa shape index (κ1) is 18.5. The van der Waals surface area contributed by atoms with Crippen molar-refractivity contribution in [3.05, 3.63) is 63.6 Å². The summed E-state index contributed by atoms with van der Waals surface area (Å²) in [6, 6.07) is 11.6. The summed E-state index contributed by atoms with van der Waals surface area (Å²) in [6.45, 7) is 0. The number of fused-ring (bicyclic) bond motifs is 1. The van der Waals surface area contributed by atoms with Gasteiger partial charge in [0.1, 0.15) is 6.04 Å². The zero-order chi connectivity index (χ0) is 18.7. The molecule has 136 valence electrons. The number of amides is 1. The number of carboxylic acids is 1. The Bertz CT molecular complexity index is 827. The minimum Gasteiger partial charge on any atom is -0.480 e. The van der Waals surface area contributed by atoms with E-state index in [9.17, 15) is 14.7 Å². The maximum absolute atomic E-state index is 12.4. The molecule has 0 bridgehead atoms. The van der Waals surface area contributed by atoms with E-state index in [0.717, 1.165) is 5.56 Å². The molecule has 2 aromatic rings. The van der Waals surface area contributed by atoms with Gasteiger partial charge >= 0.3 is 5.97 Å². The van der Waals surface area contributed by atoms with Crippen molar-refractivity contribution in [3.63, 3.8) is 0 Å². The summed E-state index contributed by atoms with van der Waals surface area (Å²) in [5.74, 6) is -1.14. The Morgan fingerprint density at radius 1 is 1.19 bits per heavy atom. The fourth-order valence-electron chi connectivity index (χ4n) is 3.12. The van der Waals surface area contributed by atoms with Crippen LogP contribution in [-0.4, -0.2) is 23.0 Å². The summed E-state index contributed by atoms with van der Waals surface area (Å²) in [6.07, 6.45) is 1.13. The van der Waals surface area contributed by atoms with Crippen LogP contribution >= 0.6 is 23.2 Å². The number of nitrogens with one attached hydrogen (secondary N) is 2. The molecule has 1 aliphatic heterocycles. The lowest BCUT2D eigenvalue weighted by Gasteiger charge is -2.32. The molecule has 0 aromatic heterocycles. The summed E-state index contributed by atoms with van der Waals surface area (Å²) < 4.78 is 0. The second-order valence-electron chi connectivity index (χ2n) is 6.23. The van der Waals surface area contributed by atoms with E-state index in [2.05, 4.69) is 10.6 Å². The topological polar surface area (TPSA) is 78.4 Å². The van der Waals surface area contributed by atoms with Crippen LogP contribution < -0.4 is 10.6 Å². The molecular formula is C19H18Cl2N2O3. The molecule has 1 amide bonds. The van der Waals surface area contributed by atoms with Crippen molar-refractivity contribution < 1.29 is 14.7 Å². The number of benzene rings is 2. The van der Waals surface area contributed by atoms with E-state index in [1.54, 1.807) is 12.1 Å². The Balaban J connectivity index is 1.76. The zero-order valence-corrected chi connectivity index (χ0v) is 15.3. The molecule has 3 N–H and O–H groups in total. The van der Waals surface area contributed by atoms with E-state index < -0.39 is 18.1 Å². The summed E-state index contributed by atoms with van der Waals surface area (Å²) in [4.78, 5) is 23.8. The number of anilines is 1. The fourth-order valence-corrected chi connectivity index (χ4v) is 3.75. The SMILES string of the molecule is O=C(CCc1ccccc1)N[C@H]1C[C@H](C(=O)O)Nc2cc(Cl)cc(Cl)c21. The lowest BCUT2D eigenvalue weighted by Crippen LogP contribution is -2.41. The number of rotatable bonds is 5. The smallest absolute Gasteiger partial charge is 0.326 e. The third kappa shape index (κ3) is 4.29. The largest absolute Gasteiger partial charge is 0.480 e. The Kier molecular flexibility index (Phi) is 5.69. The Hall–Kier alpha value is -2.24. The van der Waals surface area contributed by atoms with Crippen molar-refractivity contribution in [1.82, 2.24) is 5.32 Å². The van der Waals surface area contributed by atoms with Crippen LogP contribution in [0.3, 0.4) is 0 Å². The molecular weight excluding hydrogens is 375 g/mol. The second-order valence-corrected chi connectivity index (χ2v) is 7.07. The van der Waals surface area contributed by atoms with Crippen LogP contribution in [0.4, 0.5) is 5.69 Å². The van der Waals surface area contributed by atoms with Gasteiger partial charge in [0.05, 0.1) is 6.04 Å². The van der Waals surface area contributed by atoms with Gasteiger partial charge in [-0.2, -0.15) is 0 Å². The average Bonchev–Trinajstić information content (AvgIpc) is 2.60. The van der Waals surface area contributed by atoms with Gasteiger partial charge in [-0.3, -0.25) is 4.79 Å². The molecule has 3 rings (SSSR count). The quantitative estimate of drug-likeness (QED) is 0.716. The Morgan fingerprint density at radius 3 is 2.62 bits per heavy atom. The van der Waals surface area contributed by atoms with Gasteiger partial charge < -0.3 is 15.7 Å². The average molecular weight is 393 g/mol. The molecule has 0 saturated heterocycles. The third-order valence-corrected chi connectivity index (χ3v) is 4.89. The van der Waals surface area contributed by atoms with E-state index >= 15 is 0 Å². The number of carboxylic acid groups (broad SMARTS) is 1. The highest BCUT2D eigenvalue weighted by molar-refractivity contribution is 6.35. The van der Waals surface area contributed by atoms with Gasteiger partial charge in [0.2, 0.25) is 5.91 Å². The predicted octanol–water partition coefficient (Wildman–Crippen LogP) is 4.05. The molecule has 0 saturated carbocycles. The Labute approximate surface area is 161 Å². The molecule has 0 radical (unpaired) electrons. The van der Waals surface area contributed by atoms with Crippen LogP contribution in [0.5, 0.6) is 0 Å². The van der Waals surface area contributed by atoms with Crippen LogP contribution in [0.1, 0.15) is 30.0 Å². The van der Waals surface area contributed by atoms with E-state index in [1.165, 1.54) is 0 Å². The molecule has 0 aliphatic carbocycles. The van der Waals surface area contributed by atoms with Crippen LogP contribution in [0.2, 0.25) is 10.0 Å². The van der Waals surface area contributed by atoms with E-state index in [4.69, 9.17) is 23.2 Å². The summed E-state index contributed by atoms with van der Waals surface area (Å²) in [5, 5.41) is 16.0. The summed E-state index contributed by atoms with van der Waals surface area (Å²) >= 11 is 12.3. The highest BCUT2D eigenvalue weighted by Crippen LogP contribution is 2.39. The van der Waals surface area contributed by atoms with Gasteiger partial charge in [-0.1, -0.05) is 53.5 Å². The third-order valence-electron chi connectivity index (χ3n) is 4.36. The number of hydrogen-bond donors (Lipinski definition) is 3. The minimum absolute atomic E-state index is 0.151. The zero-order valence-electron chi connectivity index (χ0n) is 13.8. The molecule has 7 heteroatoms. The molecule has 1 aliphatic rings. The molecule has 0 fully saturated rings. The maximum atomic E-state index is 12.4. The first-order chi connectivity index (χ1) is 12.4. The second kappa shape index (κ2) is 7.98. The molecule has 0 spiro atoms. The normalized spacial score (nSPS) is 18.5. The van der Waals surface area contributed by atoms with Crippen LogP contribution in [0.25, 0.3) is 0 Å². The lowest BCUT2D eigenvalue weighted by atomic mass is 9.92. The summed E-state index contributed by atoms with van der Waals surface area (Å²) in [5.41, 5.74) is 2.28. The predicted molar refractivity (Wildman–Crippen MR) is 102 cm³/mol. The molecule has 2 atom stereocenters. The minimum atomic E-state index is -0.990. The van der Waals surface area contributed by atoms with E-state index in [1.807, 2.05) is 30.3 Å². The van der Waals surface area contributed by atoms with Crippen LogP contribution in [0.15, 0.2) is 42.5 Å². The highest BCUT2D eigenvalue weighted by Gasteiger charge is 2.33. The maximum Gasteiger partial charge on any atom is 0.326 e. The van der Waals surface area contributed by atoms with E-state index in [-0.39, 0.29) is 12.3 Å².